The van der Waals surface area contributed by atoms with Crippen molar-refractivity contribution in [2.24, 2.45) is 11.7 Å². The Kier molecular flexibility index (Phi) is 3.69. The second-order valence-electron chi connectivity index (χ2n) is 4.41. The van der Waals surface area contributed by atoms with Crippen LogP contribution in [0.4, 0.5) is 0 Å². The number of H-pyrrole nitrogens is 1. The zero-order chi connectivity index (χ0) is 13.3. The fourth-order valence-electron chi connectivity index (χ4n) is 2.05. The fourth-order valence-corrected chi connectivity index (χ4v) is 3.72. The molecule has 0 radical (unpaired) electrons. The second kappa shape index (κ2) is 4.94. The first-order valence-electron chi connectivity index (χ1n) is 5.72. The van der Waals surface area contributed by atoms with Crippen LogP contribution >= 0.6 is 12.2 Å². The van der Waals surface area contributed by atoms with Crippen LogP contribution in [0.15, 0.2) is 11.2 Å². The summed E-state index contributed by atoms with van der Waals surface area (Å²) >= 11 is 4.94. The van der Waals surface area contributed by atoms with Crippen molar-refractivity contribution < 1.29 is 8.42 Å². The molecule has 0 saturated carbocycles. The minimum absolute atomic E-state index is 0.147. The number of hydrogen-bond donors (Lipinski definition) is 2. The van der Waals surface area contributed by atoms with Gasteiger partial charge in [-0.1, -0.05) is 12.2 Å². The lowest BCUT2D eigenvalue weighted by molar-refractivity contribution is 0.316. The Morgan fingerprint density at radius 1 is 1.56 bits per heavy atom. The van der Waals surface area contributed by atoms with Crippen LogP contribution in [-0.4, -0.2) is 40.8 Å². The predicted octanol–water partition coefficient (Wildman–Crippen LogP) is 0.405. The number of nitrogens with one attached hydrogen (secondary N) is 1. The standard InChI is InChI=1S/C10H16N4O2S2/c1-7-12-6-9(13-7)18(15,16)14-4-2-8(3-5-14)10(11)17/h6,8H,2-5H2,1H3,(H2,11,17)(H,12,13). The highest BCUT2D eigenvalue weighted by atomic mass is 32.2. The molecule has 2 heterocycles. The number of piperidine rings is 1. The Morgan fingerprint density at radius 2 is 2.17 bits per heavy atom. The van der Waals surface area contributed by atoms with Gasteiger partial charge in [0.1, 0.15) is 5.82 Å². The number of hydrogen-bond acceptors (Lipinski definition) is 4. The van der Waals surface area contributed by atoms with Crippen molar-refractivity contribution in [2.75, 3.05) is 13.1 Å². The highest BCUT2D eigenvalue weighted by Crippen LogP contribution is 2.23. The Bertz CT molecular complexity index is 544. The molecule has 0 amide bonds. The number of rotatable bonds is 3. The Balaban J connectivity index is 2.12. The van der Waals surface area contributed by atoms with Crippen molar-refractivity contribution in [3.63, 3.8) is 0 Å². The van der Waals surface area contributed by atoms with Gasteiger partial charge in [0, 0.05) is 19.0 Å². The maximum atomic E-state index is 12.3. The molecule has 0 atom stereocenters. The van der Waals surface area contributed by atoms with Crippen LogP contribution in [-0.2, 0) is 10.0 Å². The van der Waals surface area contributed by atoms with Gasteiger partial charge in [0.05, 0.1) is 11.2 Å². The molecule has 1 aliphatic heterocycles. The van der Waals surface area contributed by atoms with Crippen LogP contribution in [0.3, 0.4) is 0 Å². The van der Waals surface area contributed by atoms with E-state index in [1.807, 2.05) is 0 Å². The molecule has 18 heavy (non-hydrogen) atoms. The van der Waals surface area contributed by atoms with Gasteiger partial charge in [-0.15, -0.1) is 0 Å². The number of nitrogens with two attached hydrogens (primary N) is 1. The lowest BCUT2D eigenvalue weighted by Crippen LogP contribution is -2.41. The number of imidazole rings is 1. The van der Waals surface area contributed by atoms with Gasteiger partial charge < -0.3 is 10.7 Å². The summed E-state index contributed by atoms with van der Waals surface area (Å²) < 4.78 is 26.0. The number of aromatic amines is 1. The highest BCUT2D eigenvalue weighted by molar-refractivity contribution is 7.89. The first-order valence-corrected chi connectivity index (χ1v) is 7.57. The molecule has 0 aliphatic carbocycles. The molecule has 1 fully saturated rings. The first-order chi connectivity index (χ1) is 8.41. The van der Waals surface area contributed by atoms with Gasteiger partial charge in [-0.05, 0) is 19.8 Å². The average Bonchev–Trinajstić information content (AvgIpc) is 2.76. The number of thiocarbonyl (C=S) groups is 1. The van der Waals surface area contributed by atoms with Crippen molar-refractivity contribution in [3.8, 4) is 0 Å². The van der Waals surface area contributed by atoms with Crippen molar-refractivity contribution in [1.82, 2.24) is 14.3 Å². The largest absolute Gasteiger partial charge is 0.393 e. The minimum atomic E-state index is -3.46. The van der Waals surface area contributed by atoms with E-state index in [0.29, 0.717) is 36.7 Å². The van der Waals surface area contributed by atoms with Crippen LogP contribution in [0, 0.1) is 12.8 Å². The lowest BCUT2D eigenvalue weighted by Gasteiger charge is -2.30. The van der Waals surface area contributed by atoms with Crippen LogP contribution in [0.25, 0.3) is 0 Å². The SMILES string of the molecule is Cc1ncc(S(=O)(=O)N2CCC(C(N)=S)CC2)[nH]1. The zero-order valence-electron chi connectivity index (χ0n) is 10.1. The Hall–Kier alpha value is -0.990. The molecule has 2 rings (SSSR count). The van der Waals surface area contributed by atoms with E-state index in [-0.39, 0.29) is 10.9 Å². The molecular weight excluding hydrogens is 272 g/mol. The zero-order valence-corrected chi connectivity index (χ0v) is 11.7. The van der Waals surface area contributed by atoms with Gasteiger partial charge in [-0.2, -0.15) is 4.31 Å². The molecule has 6 nitrogen and oxygen atoms in total. The van der Waals surface area contributed by atoms with Gasteiger partial charge in [0.15, 0.2) is 5.03 Å². The average molecular weight is 288 g/mol. The summed E-state index contributed by atoms with van der Waals surface area (Å²) in [7, 11) is -3.46. The first kappa shape index (κ1) is 13.4. The predicted molar refractivity (Wildman–Crippen MR) is 71.6 cm³/mol. The number of aromatic nitrogens is 2. The molecule has 8 heteroatoms. The van der Waals surface area contributed by atoms with E-state index in [1.165, 1.54) is 10.5 Å². The van der Waals surface area contributed by atoms with E-state index in [2.05, 4.69) is 9.97 Å². The van der Waals surface area contributed by atoms with Crippen molar-refractivity contribution in [2.45, 2.75) is 24.8 Å². The van der Waals surface area contributed by atoms with Crippen LogP contribution < -0.4 is 5.73 Å². The third kappa shape index (κ3) is 2.55. The molecule has 0 aromatic carbocycles. The summed E-state index contributed by atoms with van der Waals surface area (Å²) in [5.74, 6) is 0.738. The van der Waals surface area contributed by atoms with E-state index in [1.54, 1.807) is 6.92 Å². The maximum Gasteiger partial charge on any atom is 0.260 e. The second-order valence-corrected chi connectivity index (χ2v) is 6.79. The van der Waals surface area contributed by atoms with Crippen molar-refractivity contribution in [1.29, 1.82) is 0 Å². The molecule has 1 aromatic rings. The third-order valence-corrected chi connectivity index (χ3v) is 5.30. The third-order valence-electron chi connectivity index (χ3n) is 3.15. The van der Waals surface area contributed by atoms with E-state index in [4.69, 9.17) is 18.0 Å². The number of aryl methyl sites for hydroxylation is 1. The highest BCUT2D eigenvalue weighted by Gasteiger charge is 2.31. The minimum Gasteiger partial charge on any atom is -0.393 e. The topological polar surface area (TPSA) is 92.1 Å². The quantitative estimate of drug-likeness (QED) is 0.786. The number of nitrogens with zero attached hydrogens (tertiary/aromatic N) is 2. The normalized spacial score (nSPS) is 18.9. The molecule has 3 N–H and O–H groups in total. The van der Waals surface area contributed by atoms with Gasteiger partial charge in [0.25, 0.3) is 10.0 Å². The smallest absolute Gasteiger partial charge is 0.260 e. The van der Waals surface area contributed by atoms with Gasteiger partial charge in [0.2, 0.25) is 0 Å². The molecule has 1 saturated heterocycles. The molecule has 1 aromatic heterocycles. The van der Waals surface area contributed by atoms with Crippen molar-refractivity contribution >= 4 is 27.2 Å². The van der Waals surface area contributed by atoms with Gasteiger partial charge >= 0.3 is 0 Å². The Morgan fingerprint density at radius 3 is 2.61 bits per heavy atom. The van der Waals surface area contributed by atoms with E-state index < -0.39 is 10.0 Å². The summed E-state index contributed by atoms with van der Waals surface area (Å²) in [5, 5.41) is 0.147. The lowest BCUT2D eigenvalue weighted by atomic mass is 9.98. The van der Waals surface area contributed by atoms with Crippen LogP contribution in [0.2, 0.25) is 0 Å². The maximum absolute atomic E-state index is 12.3. The van der Waals surface area contributed by atoms with E-state index in [0.717, 1.165) is 0 Å². The molecule has 0 spiro atoms. The van der Waals surface area contributed by atoms with Gasteiger partial charge in [-0.3, -0.25) is 0 Å². The summed E-state index contributed by atoms with van der Waals surface area (Å²) in [6, 6.07) is 0. The summed E-state index contributed by atoms with van der Waals surface area (Å²) in [5.41, 5.74) is 5.58. The fraction of sp³-hybridized carbons (Fsp3) is 0.600. The van der Waals surface area contributed by atoms with Crippen LogP contribution in [0.5, 0.6) is 0 Å². The summed E-state index contributed by atoms with van der Waals surface area (Å²) in [6.45, 7) is 2.61. The molecule has 0 unspecified atom stereocenters. The summed E-state index contributed by atoms with van der Waals surface area (Å²) in [4.78, 5) is 7.15. The van der Waals surface area contributed by atoms with Crippen molar-refractivity contribution in [3.05, 3.63) is 12.0 Å². The monoisotopic (exact) mass is 288 g/mol. The molecule has 1 aliphatic rings. The van der Waals surface area contributed by atoms with E-state index in [9.17, 15) is 8.42 Å². The number of sulfonamides is 1. The molecule has 100 valence electrons. The van der Waals surface area contributed by atoms with E-state index >= 15 is 0 Å². The Labute approximate surface area is 112 Å². The summed E-state index contributed by atoms with van der Waals surface area (Å²) in [6.07, 6.45) is 2.72. The molecular formula is C10H16N4O2S2. The molecule has 0 bridgehead atoms. The van der Waals surface area contributed by atoms with Gasteiger partial charge in [-0.25, -0.2) is 13.4 Å². The van der Waals surface area contributed by atoms with Crippen LogP contribution in [0.1, 0.15) is 18.7 Å².